The van der Waals surface area contributed by atoms with Crippen molar-refractivity contribution in [3.63, 3.8) is 0 Å². The molecule has 15 nitrogen and oxygen atoms in total. The van der Waals surface area contributed by atoms with Gasteiger partial charge in [0.15, 0.2) is 17.1 Å². The molecule has 2 saturated carbocycles. The number of amides is 4. The highest BCUT2D eigenvalue weighted by molar-refractivity contribution is 7.91. The van der Waals surface area contributed by atoms with Gasteiger partial charge in [0.25, 0.3) is 11.8 Å². The summed E-state index contributed by atoms with van der Waals surface area (Å²) in [6.45, 7) is 6.53. The molecule has 1 aromatic heterocycles. The Morgan fingerprint density at radius 3 is 2.40 bits per heavy atom. The molecule has 4 aliphatic rings. The second-order valence-electron chi connectivity index (χ2n) is 17.1. The number of benzene rings is 1. The molecular formula is C41H54F3N5O10S. The normalized spacial score (nSPS) is 31.0. The SMILES string of the molecule is CCC(C)N(C(=O)O)[C@@H]1C(=O)N2[C@@H](C[C@@](C)(Oc3nccc4cc(OC)c(OC)cc34)C2(F)F)C(=O)N[C@]2(C(=O)NS(=O)(=O)C3(CF)CC3)C[C@H]2/C=C\CC[C@H](C)C[C@H]1C. The van der Waals surface area contributed by atoms with E-state index >= 15 is 13.6 Å². The number of carbonyl (C=O) groups excluding carboxylic acids is 3. The third-order valence-corrected chi connectivity index (χ3v) is 15.0. The Kier molecular flexibility index (Phi) is 12.1. The van der Waals surface area contributed by atoms with Crippen molar-refractivity contribution in [3.8, 4) is 17.4 Å². The average molecular weight is 866 g/mol. The predicted octanol–water partition coefficient (Wildman–Crippen LogP) is 5.57. The van der Waals surface area contributed by atoms with Crippen LogP contribution in [0.3, 0.4) is 0 Å². The minimum Gasteiger partial charge on any atom is -0.493 e. The van der Waals surface area contributed by atoms with Crippen LogP contribution in [0.4, 0.5) is 18.0 Å². The van der Waals surface area contributed by atoms with Gasteiger partial charge in [0.2, 0.25) is 21.8 Å². The van der Waals surface area contributed by atoms with Gasteiger partial charge in [0, 0.05) is 30.0 Å². The van der Waals surface area contributed by atoms with Crippen molar-refractivity contribution in [1.82, 2.24) is 24.8 Å². The lowest BCUT2D eigenvalue weighted by Gasteiger charge is -2.42. The van der Waals surface area contributed by atoms with Crippen LogP contribution in [0.15, 0.2) is 36.5 Å². The molecule has 8 atom stereocenters. The third-order valence-electron chi connectivity index (χ3n) is 12.9. The highest BCUT2D eigenvalue weighted by Crippen LogP contribution is 2.52. The van der Waals surface area contributed by atoms with Gasteiger partial charge in [-0.25, -0.2) is 22.6 Å². The van der Waals surface area contributed by atoms with Gasteiger partial charge in [-0.15, -0.1) is 0 Å². The van der Waals surface area contributed by atoms with Crippen molar-refractivity contribution in [2.75, 3.05) is 20.9 Å². The number of halogens is 3. The van der Waals surface area contributed by atoms with Gasteiger partial charge in [-0.1, -0.05) is 32.9 Å². The number of rotatable bonds is 11. The van der Waals surface area contributed by atoms with E-state index in [0.717, 1.165) is 11.8 Å². The quantitative estimate of drug-likeness (QED) is 0.189. The average Bonchev–Trinajstić information content (AvgIpc) is 4.11. The number of pyridine rings is 1. The van der Waals surface area contributed by atoms with E-state index in [1.807, 2.05) is 11.6 Å². The topological polar surface area (TPSA) is 194 Å². The standard InChI is InChI=1S/C41H54F3N5O10S/c1-8-25(4)48(37(53)54)32-24(3)17-23(2)11-9-10-12-27-20-40(27,36(52)47-60(55,56)39(22-42)14-15-39)46-33(50)29-21-38(5,41(43,44)49(29)35(32)51)59-34-28-19-31(58-7)30(57-6)18-26(28)13-16-45-34/h10,12-13,16,18-19,23-25,27,29,32H,8-9,11,14-15,17,20-22H2,1-7H3,(H,46,50)(H,47,52)(H,53,54)/b12-10-/t23-,24+,25?,27+,29-,32-,38+,40+/m0/s1. The van der Waals surface area contributed by atoms with Gasteiger partial charge in [0.05, 0.1) is 14.2 Å². The fraction of sp³-hybridized carbons (Fsp3) is 0.634. The Balaban J connectivity index is 1.48. The summed E-state index contributed by atoms with van der Waals surface area (Å²) >= 11 is 0. The van der Waals surface area contributed by atoms with E-state index in [2.05, 4.69) is 10.3 Å². The predicted molar refractivity (Wildman–Crippen MR) is 213 cm³/mol. The zero-order valence-electron chi connectivity index (χ0n) is 34.8. The maximum Gasteiger partial charge on any atom is 0.408 e. The summed E-state index contributed by atoms with van der Waals surface area (Å²) in [5.74, 6) is -5.23. The zero-order chi connectivity index (χ0) is 44.2. The van der Waals surface area contributed by atoms with Crippen LogP contribution in [0.1, 0.15) is 86.0 Å². The molecule has 0 spiro atoms. The summed E-state index contributed by atoms with van der Waals surface area (Å²) < 4.78 is 92.9. The van der Waals surface area contributed by atoms with Crippen LogP contribution in [0.2, 0.25) is 0 Å². The second-order valence-corrected chi connectivity index (χ2v) is 19.2. The molecule has 60 heavy (non-hydrogen) atoms. The summed E-state index contributed by atoms with van der Waals surface area (Å²) in [6.07, 6.45) is 3.68. The molecule has 2 aliphatic heterocycles. The van der Waals surface area contributed by atoms with E-state index in [0.29, 0.717) is 24.0 Å². The molecule has 3 fully saturated rings. The fourth-order valence-electron chi connectivity index (χ4n) is 8.71. The lowest BCUT2D eigenvalue weighted by atomic mass is 9.86. The molecule has 3 heterocycles. The van der Waals surface area contributed by atoms with E-state index in [9.17, 15) is 32.3 Å². The molecule has 6 rings (SSSR count). The van der Waals surface area contributed by atoms with Crippen molar-refractivity contribution in [2.24, 2.45) is 17.8 Å². The second kappa shape index (κ2) is 16.2. The van der Waals surface area contributed by atoms with E-state index in [4.69, 9.17) is 14.2 Å². The van der Waals surface area contributed by atoms with Gasteiger partial charge >= 0.3 is 12.1 Å². The monoisotopic (exact) mass is 865 g/mol. The number of ether oxygens (including phenoxy) is 3. The summed E-state index contributed by atoms with van der Waals surface area (Å²) in [4.78, 5) is 62.0. The number of aromatic nitrogens is 1. The maximum absolute atomic E-state index is 17.7. The maximum atomic E-state index is 17.7. The molecule has 0 bridgehead atoms. The Morgan fingerprint density at radius 1 is 1.13 bits per heavy atom. The van der Waals surface area contributed by atoms with Crippen LogP contribution in [0.25, 0.3) is 10.8 Å². The van der Waals surface area contributed by atoms with Gasteiger partial charge < -0.3 is 24.6 Å². The molecule has 1 saturated heterocycles. The largest absolute Gasteiger partial charge is 0.493 e. The lowest BCUT2D eigenvalue weighted by Crippen LogP contribution is -2.64. The fourth-order valence-corrected chi connectivity index (χ4v) is 10.1. The molecule has 2 aliphatic carbocycles. The van der Waals surface area contributed by atoms with Crippen molar-refractivity contribution >= 4 is 44.6 Å². The number of methoxy groups -OCH3 is 2. The van der Waals surface area contributed by atoms with Crippen LogP contribution in [-0.2, 0) is 24.4 Å². The number of allylic oxidation sites excluding steroid dienone is 1. The number of carbonyl (C=O) groups is 4. The number of nitrogens with zero attached hydrogens (tertiary/aromatic N) is 3. The molecule has 1 aromatic carbocycles. The first-order chi connectivity index (χ1) is 28.2. The first-order valence-corrected chi connectivity index (χ1v) is 21.7. The molecule has 2 aromatic rings. The van der Waals surface area contributed by atoms with E-state index in [-0.39, 0.29) is 59.9 Å². The molecule has 3 N–H and O–H groups in total. The van der Waals surface area contributed by atoms with Crippen LogP contribution < -0.4 is 24.2 Å². The number of nitrogens with one attached hydrogen (secondary N) is 2. The number of fused-ring (bicyclic) bond motifs is 3. The van der Waals surface area contributed by atoms with Crippen molar-refractivity contribution in [3.05, 3.63) is 36.5 Å². The zero-order valence-corrected chi connectivity index (χ0v) is 35.6. The number of hydrogen-bond acceptors (Lipinski definition) is 10. The van der Waals surface area contributed by atoms with Crippen molar-refractivity contribution in [1.29, 1.82) is 0 Å². The highest BCUT2D eigenvalue weighted by atomic mass is 32.2. The molecule has 330 valence electrons. The smallest absolute Gasteiger partial charge is 0.408 e. The van der Waals surface area contributed by atoms with Gasteiger partial charge in [-0.05, 0) is 94.2 Å². The Morgan fingerprint density at radius 2 is 1.80 bits per heavy atom. The van der Waals surface area contributed by atoms with E-state index in [1.165, 1.54) is 26.5 Å². The molecule has 1 unspecified atom stereocenters. The summed E-state index contributed by atoms with van der Waals surface area (Å²) in [5.41, 5.74) is -4.68. The third kappa shape index (κ3) is 7.70. The summed E-state index contributed by atoms with van der Waals surface area (Å²) in [7, 11) is -1.75. The Bertz CT molecular complexity index is 2170. The van der Waals surface area contributed by atoms with Gasteiger partial charge in [-0.3, -0.25) is 28.9 Å². The van der Waals surface area contributed by atoms with E-state index < -0.39 is 98.8 Å². The van der Waals surface area contributed by atoms with Crippen LogP contribution in [-0.4, -0.2) is 113 Å². The molecule has 19 heteroatoms. The van der Waals surface area contributed by atoms with E-state index in [1.54, 1.807) is 45.1 Å². The lowest BCUT2D eigenvalue weighted by molar-refractivity contribution is -0.219. The van der Waals surface area contributed by atoms with Crippen molar-refractivity contribution in [2.45, 2.75) is 126 Å². The van der Waals surface area contributed by atoms with Crippen LogP contribution >= 0.6 is 0 Å². The first kappa shape index (κ1) is 44.7. The molecule has 0 radical (unpaired) electrons. The van der Waals surface area contributed by atoms with Crippen LogP contribution in [0, 0.1) is 17.8 Å². The Hall–Kier alpha value is -4.81. The molecular weight excluding hydrogens is 812 g/mol. The van der Waals surface area contributed by atoms with Crippen molar-refractivity contribution < 1.29 is 60.1 Å². The minimum absolute atomic E-state index is 0.0186. The number of hydrogen-bond donors (Lipinski definition) is 3. The number of carboxylic acid groups (broad SMARTS) is 1. The first-order valence-electron chi connectivity index (χ1n) is 20.2. The summed E-state index contributed by atoms with van der Waals surface area (Å²) in [5, 5.41) is 13.8. The summed E-state index contributed by atoms with van der Waals surface area (Å²) in [6, 6.07) is -4.27. The van der Waals surface area contributed by atoms with Crippen LogP contribution in [0.5, 0.6) is 17.4 Å². The number of sulfonamides is 1. The van der Waals surface area contributed by atoms with Gasteiger partial charge in [-0.2, -0.15) is 8.78 Å². The highest BCUT2D eigenvalue weighted by Gasteiger charge is 2.71. The number of alkyl halides is 3. The minimum atomic E-state index is -4.56. The Labute approximate surface area is 347 Å². The van der Waals surface area contributed by atoms with Gasteiger partial charge in [0.1, 0.15) is 29.0 Å². The molecule has 4 amide bonds.